The van der Waals surface area contributed by atoms with E-state index in [9.17, 15) is 0 Å². The van der Waals surface area contributed by atoms with E-state index in [1.807, 2.05) is 0 Å². The predicted octanol–water partition coefficient (Wildman–Crippen LogP) is 0.469. The van der Waals surface area contributed by atoms with Crippen LogP contribution in [-0.2, 0) is 0 Å². The number of aliphatic hydroxyl groups excluding tert-OH is 1. The average Bonchev–Trinajstić information content (AvgIpc) is 2.03. The smallest absolute Gasteiger partial charge is 0.161 e. The lowest BCUT2D eigenvalue weighted by molar-refractivity contribution is 0.197. The van der Waals surface area contributed by atoms with Gasteiger partial charge in [-0.15, -0.1) is 0 Å². The lowest BCUT2D eigenvalue weighted by Crippen LogP contribution is -2.01. The van der Waals surface area contributed by atoms with E-state index in [0.717, 1.165) is 0 Å². The van der Waals surface area contributed by atoms with Crippen molar-refractivity contribution < 1.29 is 20.1 Å². The van der Waals surface area contributed by atoms with Crippen molar-refractivity contribution in [3.05, 3.63) is 18.2 Å². The van der Waals surface area contributed by atoms with Gasteiger partial charge in [0.25, 0.3) is 0 Å². The molecule has 1 aromatic carbocycles. The van der Waals surface area contributed by atoms with Gasteiger partial charge >= 0.3 is 0 Å². The second-order valence-electron chi connectivity index (χ2n) is 2.22. The van der Waals surface area contributed by atoms with E-state index in [2.05, 4.69) is 0 Å². The van der Waals surface area contributed by atoms with E-state index in [0.29, 0.717) is 0 Å². The third-order valence-electron chi connectivity index (χ3n) is 1.29. The zero-order valence-electron chi connectivity index (χ0n) is 6.40. The molecule has 66 valence electrons. The van der Waals surface area contributed by atoms with Crippen molar-refractivity contribution in [1.29, 1.82) is 0 Å². The normalized spacial score (nSPS) is 9.75. The third kappa shape index (κ3) is 2.03. The van der Waals surface area contributed by atoms with E-state index >= 15 is 0 Å². The summed E-state index contributed by atoms with van der Waals surface area (Å²) in [4.78, 5) is 0. The number of ether oxygens (including phenoxy) is 1. The molecule has 0 aliphatic carbocycles. The summed E-state index contributed by atoms with van der Waals surface area (Å²) < 4.78 is 4.93. The van der Waals surface area contributed by atoms with E-state index < -0.39 is 0 Å². The first kappa shape index (κ1) is 8.67. The Hall–Kier alpha value is -1.42. The van der Waals surface area contributed by atoms with Crippen LogP contribution < -0.4 is 4.74 Å². The van der Waals surface area contributed by atoms with Crippen LogP contribution in [-0.4, -0.2) is 28.5 Å². The Morgan fingerprint density at radius 1 is 1.25 bits per heavy atom. The molecule has 4 nitrogen and oxygen atoms in total. The number of aliphatic hydroxyl groups is 1. The minimum Gasteiger partial charge on any atom is -0.508 e. The fraction of sp³-hybridized carbons (Fsp3) is 0.250. The van der Waals surface area contributed by atoms with Crippen molar-refractivity contribution in [3.63, 3.8) is 0 Å². The maximum atomic E-state index is 9.15. The van der Waals surface area contributed by atoms with Gasteiger partial charge in [0.1, 0.15) is 12.4 Å². The van der Waals surface area contributed by atoms with Crippen LogP contribution in [0.3, 0.4) is 0 Å². The van der Waals surface area contributed by atoms with Crippen molar-refractivity contribution in [2.75, 3.05) is 13.2 Å². The molecular weight excluding hydrogens is 160 g/mol. The number of hydrogen-bond donors (Lipinski definition) is 3. The summed E-state index contributed by atoms with van der Waals surface area (Å²) in [7, 11) is 0. The highest BCUT2D eigenvalue weighted by Crippen LogP contribution is 2.29. The molecular formula is C8H10O4. The Kier molecular flexibility index (Phi) is 2.76. The Bertz CT molecular complexity index is 259. The topological polar surface area (TPSA) is 69.9 Å². The first-order valence-corrected chi connectivity index (χ1v) is 3.49. The van der Waals surface area contributed by atoms with Crippen LogP contribution in [0.5, 0.6) is 17.2 Å². The number of rotatable bonds is 3. The molecule has 12 heavy (non-hydrogen) atoms. The Labute approximate surface area is 69.7 Å². The van der Waals surface area contributed by atoms with E-state index in [4.69, 9.17) is 20.1 Å². The maximum Gasteiger partial charge on any atom is 0.161 e. The summed E-state index contributed by atoms with van der Waals surface area (Å²) in [6.07, 6.45) is 0. The Morgan fingerprint density at radius 2 is 2.00 bits per heavy atom. The first-order chi connectivity index (χ1) is 5.74. The number of hydrogen-bond acceptors (Lipinski definition) is 4. The van der Waals surface area contributed by atoms with E-state index in [1.54, 1.807) is 0 Å². The molecule has 0 saturated heterocycles. The highest BCUT2D eigenvalue weighted by molar-refractivity contribution is 5.43. The molecule has 0 atom stereocenters. The second-order valence-corrected chi connectivity index (χ2v) is 2.22. The number of benzene rings is 1. The minimum absolute atomic E-state index is 0.0242. The summed E-state index contributed by atoms with van der Waals surface area (Å²) in [5.41, 5.74) is 0. The van der Waals surface area contributed by atoms with Gasteiger partial charge in [-0.2, -0.15) is 0 Å². The van der Waals surface area contributed by atoms with Gasteiger partial charge in [-0.3, -0.25) is 0 Å². The van der Waals surface area contributed by atoms with Gasteiger partial charge in [-0.05, 0) is 12.1 Å². The lowest BCUT2D eigenvalue weighted by Gasteiger charge is -2.05. The third-order valence-corrected chi connectivity index (χ3v) is 1.29. The van der Waals surface area contributed by atoms with Crippen LogP contribution in [0.2, 0.25) is 0 Å². The summed E-state index contributed by atoms with van der Waals surface area (Å²) in [5, 5.41) is 26.5. The van der Waals surface area contributed by atoms with Crippen LogP contribution in [0.4, 0.5) is 0 Å². The fourth-order valence-corrected chi connectivity index (χ4v) is 0.783. The van der Waals surface area contributed by atoms with E-state index in [-0.39, 0.29) is 30.5 Å². The number of phenolic OH excluding ortho intramolecular Hbond substituents is 2. The van der Waals surface area contributed by atoms with Gasteiger partial charge in [0, 0.05) is 6.07 Å². The quantitative estimate of drug-likeness (QED) is 0.616. The second kappa shape index (κ2) is 3.82. The highest BCUT2D eigenvalue weighted by atomic mass is 16.5. The molecule has 3 N–H and O–H groups in total. The molecule has 0 aliphatic heterocycles. The van der Waals surface area contributed by atoms with Crippen LogP contribution in [0, 0.1) is 0 Å². The molecule has 4 heteroatoms. The van der Waals surface area contributed by atoms with Crippen LogP contribution in [0.1, 0.15) is 0 Å². The first-order valence-electron chi connectivity index (χ1n) is 3.49. The zero-order chi connectivity index (χ0) is 8.97. The summed E-state index contributed by atoms with van der Waals surface area (Å²) in [6.45, 7) is 0.0126. The van der Waals surface area contributed by atoms with Gasteiger partial charge < -0.3 is 20.1 Å². The molecule has 0 bridgehead atoms. The molecule has 0 unspecified atom stereocenters. The predicted molar refractivity (Wildman–Crippen MR) is 42.4 cm³/mol. The Morgan fingerprint density at radius 3 is 2.58 bits per heavy atom. The van der Waals surface area contributed by atoms with Crippen LogP contribution >= 0.6 is 0 Å². The van der Waals surface area contributed by atoms with Crippen LogP contribution in [0.15, 0.2) is 18.2 Å². The van der Waals surface area contributed by atoms with Crippen molar-refractivity contribution in [2.45, 2.75) is 0 Å². The largest absolute Gasteiger partial charge is 0.508 e. The standard InChI is InChI=1S/C8H10O4/c9-3-4-12-8-2-1-6(10)5-7(8)11/h1-2,5,9-11H,3-4H2. The minimum atomic E-state index is -0.136. The molecule has 0 fully saturated rings. The molecule has 0 aliphatic rings. The SMILES string of the molecule is OCCOc1ccc(O)cc1O. The van der Waals surface area contributed by atoms with Gasteiger partial charge in [0.15, 0.2) is 11.5 Å². The van der Waals surface area contributed by atoms with Crippen molar-refractivity contribution in [1.82, 2.24) is 0 Å². The summed E-state index contributed by atoms with van der Waals surface area (Å²) in [5.74, 6) is 0.0918. The summed E-state index contributed by atoms with van der Waals surface area (Å²) >= 11 is 0. The van der Waals surface area contributed by atoms with Crippen molar-refractivity contribution in [2.24, 2.45) is 0 Å². The van der Waals surface area contributed by atoms with Gasteiger partial charge in [0.05, 0.1) is 6.61 Å². The molecule has 1 aromatic rings. The van der Waals surface area contributed by atoms with Crippen LogP contribution in [0.25, 0.3) is 0 Å². The number of phenols is 2. The maximum absolute atomic E-state index is 9.15. The molecule has 0 spiro atoms. The Balaban J connectivity index is 2.72. The highest BCUT2D eigenvalue weighted by Gasteiger charge is 2.01. The molecule has 1 rings (SSSR count). The van der Waals surface area contributed by atoms with Crippen molar-refractivity contribution in [3.8, 4) is 17.2 Å². The average molecular weight is 170 g/mol. The molecule has 0 amide bonds. The fourth-order valence-electron chi connectivity index (χ4n) is 0.783. The molecule has 0 saturated carbocycles. The lowest BCUT2D eigenvalue weighted by atomic mass is 10.3. The van der Waals surface area contributed by atoms with Gasteiger partial charge in [0.2, 0.25) is 0 Å². The zero-order valence-corrected chi connectivity index (χ0v) is 6.40. The van der Waals surface area contributed by atoms with Gasteiger partial charge in [-0.25, -0.2) is 0 Å². The van der Waals surface area contributed by atoms with E-state index in [1.165, 1.54) is 18.2 Å². The summed E-state index contributed by atoms with van der Waals surface area (Å²) in [6, 6.07) is 4.00. The number of aromatic hydroxyl groups is 2. The monoisotopic (exact) mass is 170 g/mol. The molecule has 0 aromatic heterocycles. The van der Waals surface area contributed by atoms with Gasteiger partial charge in [-0.1, -0.05) is 0 Å². The molecule has 0 heterocycles. The molecule has 0 radical (unpaired) electrons. The van der Waals surface area contributed by atoms with Crippen molar-refractivity contribution >= 4 is 0 Å².